The highest BCUT2D eigenvalue weighted by molar-refractivity contribution is 7.99. The molecular formula is C18H17ClN2O4S. The standard InChI is InChI=1S/C18H17ClN2O4S/c19-13-5-3-4-12(8-13)10-26-11-17(23)25-9-16(22)21-15-7-2-1-6-14(15)18(20)24/h1-8H,9-11H2,(H2,20,24)(H,21,22). The number of anilines is 1. The molecule has 0 saturated carbocycles. The third-order valence-electron chi connectivity index (χ3n) is 3.21. The molecule has 3 N–H and O–H groups in total. The molecule has 2 aromatic rings. The number of hydrogen-bond acceptors (Lipinski definition) is 5. The Morgan fingerprint density at radius 1 is 1.12 bits per heavy atom. The first-order valence-corrected chi connectivity index (χ1v) is 9.15. The molecule has 26 heavy (non-hydrogen) atoms. The molecular weight excluding hydrogens is 376 g/mol. The Bertz CT molecular complexity index is 813. The van der Waals surface area contributed by atoms with Gasteiger partial charge in [0.05, 0.1) is 17.0 Å². The maximum atomic E-state index is 11.9. The van der Waals surface area contributed by atoms with Crippen LogP contribution in [0.4, 0.5) is 5.69 Å². The predicted octanol–water partition coefficient (Wildman–Crippen LogP) is 2.85. The number of amides is 2. The van der Waals surface area contributed by atoms with E-state index < -0.39 is 24.4 Å². The van der Waals surface area contributed by atoms with Crippen LogP contribution in [0.3, 0.4) is 0 Å². The van der Waals surface area contributed by atoms with E-state index >= 15 is 0 Å². The summed E-state index contributed by atoms with van der Waals surface area (Å²) in [5.74, 6) is -0.997. The molecule has 0 heterocycles. The third kappa shape index (κ3) is 6.42. The van der Waals surface area contributed by atoms with Crippen LogP contribution < -0.4 is 11.1 Å². The van der Waals surface area contributed by atoms with Crippen LogP contribution in [0.15, 0.2) is 48.5 Å². The van der Waals surface area contributed by atoms with Gasteiger partial charge >= 0.3 is 5.97 Å². The topological polar surface area (TPSA) is 98.5 Å². The van der Waals surface area contributed by atoms with Crippen LogP contribution in [-0.2, 0) is 20.1 Å². The summed E-state index contributed by atoms with van der Waals surface area (Å²) in [5.41, 5.74) is 6.69. The normalized spacial score (nSPS) is 10.2. The van der Waals surface area contributed by atoms with Crippen LogP contribution in [0.1, 0.15) is 15.9 Å². The second-order valence-electron chi connectivity index (χ2n) is 5.24. The number of ether oxygens (including phenoxy) is 1. The van der Waals surface area contributed by atoms with Gasteiger partial charge in [-0.3, -0.25) is 14.4 Å². The number of benzene rings is 2. The van der Waals surface area contributed by atoms with Crippen LogP contribution in [0.5, 0.6) is 0 Å². The molecule has 0 atom stereocenters. The van der Waals surface area contributed by atoms with Crippen molar-refractivity contribution >= 4 is 46.8 Å². The van der Waals surface area contributed by atoms with E-state index in [4.69, 9.17) is 22.1 Å². The maximum absolute atomic E-state index is 11.9. The predicted molar refractivity (Wildman–Crippen MR) is 102 cm³/mol. The second kappa shape index (κ2) is 9.84. The summed E-state index contributed by atoms with van der Waals surface area (Å²) >= 11 is 7.25. The van der Waals surface area contributed by atoms with Gasteiger partial charge in [0.25, 0.3) is 11.8 Å². The lowest BCUT2D eigenvalue weighted by Gasteiger charge is -2.09. The first kappa shape index (κ1) is 19.8. The smallest absolute Gasteiger partial charge is 0.316 e. The molecule has 2 amide bonds. The van der Waals surface area contributed by atoms with Crippen molar-refractivity contribution < 1.29 is 19.1 Å². The summed E-state index contributed by atoms with van der Waals surface area (Å²) in [6.45, 7) is -0.441. The Kier molecular flexibility index (Phi) is 7.50. The van der Waals surface area contributed by atoms with Crippen LogP contribution in [0.25, 0.3) is 0 Å². The van der Waals surface area contributed by atoms with E-state index in [2.05, 4.69) is 5.32 Å². The lowest BCUT2D eigenvalue weighted by atomic mass is 10.1. The minimum atomic E-state index is -0.657. The number of para-hydroxylation sites is 1. The highest BCUT2D eigenvalue weighted by atomic mass is 35.5. The van der Waals surface area contributed by atoms with Gasteiger partial charge in [-0.2, -0.15) is 0 Å². The van der Waals surface area contributed by atoms with Crippen LogP contribution >= 0.6 is 23.4 Å². The van der Waals surface area contributed by atoms with Crippen molar-refractivity contribution in [2.24, 2.45) is 5.73 Å². The first-order chi connectivity index (χ1) is 12.5. The minimum Gasteiger partial charge on any atom is -0.455 e. The lowest BCUT2D eigenvalue weighted by molar-refractivity contribution is -0.144. The van der Waals surface area contributed by atoms with Crippen molar-refractivity contribution in [3.05, 3.63) is 64.7 Å². The molecule has 8 heteroatoms. The number of nitrogens with two attached hydrogens (primary N) is 1. The number of carbonyl (C=O) groups is 3. The molecule has 136 valence electrons. The number of hydrogen-bond donors (Lipinski definition) is 2. The van der Waals surface area contributed by atoms with Crippen molar-refractivity contribution in [3.63, 3.8) is 0 Å². The van der Waals surface area contributed by atoms with Crippen LogP contribution in [0.2, 0.25) is 5.02 Å². The number of rotatable bonds is 8. The highest BCUT2D eigenvalue weighted by Gasteiger charge is 2.12. The SMILES string of the molecule is NC(=O)c1ccccc1NC(=O)COC(=O)CSCc1cccc(Cl)c1. The van der Waals surface area contributed by atoms with E-state index in [-0.39, 0.29) is 17.0 Å². The summed E-state index contributed by atoms with van der Waals surface area (Å²) in [6.07, 6.45) is 0. The average Bonchev–Trinajstić information content (AvgIpc) is 2.60. The summed E-state index contributed by atoms with van der Waals surface area (Å²) in [4.78, 5) is 34.9. The molecule has 0 fully saturated rings. The van der Waals surface area contributed by atoms with Gasteiger partial charge in [-0.15, -0.1) is 11.8 Å². The van der Waals surface area contributed by atoms with Gasteiger partial charge in [0, 0.05) is 10.8 Å². The van der Waals surface area contributed by atoms with Gasteiger partial charge < -0.3 is 15.8 Å². The number of thioether (sulfide) groups is 1. The number of esters is 1. The zero-order valence-electron chi connectivity index (χ0n) is 13.7. The van der Waals surface area contributed by atoms with Crippen LogP contribution in [0, 0.1) is 0 Å². The fourth-order valence-electron chi connectivity index (χ4n) is 2.06. The van der Waals surface area contributed by atoms with Crippen molar-refractivity contribution in [1.82, 2.24) is 0 Å². The van der Waals surface area contributed by atoms with Gasteiger partial charge in [0.2, 0.25) is 0 Å². The first-order valence-electron chi connectivity index (χ1n) is 7.62. The number of nitrogens with one attached hydrogen (secondary N) is 1. The summed E-state index contributed by atoms with van der Waals surface area (Å²) in [5, 5.41) is 3.13. The molecule has 2 rings (SSSR count). The molecule has 0 bridgehead atoms. The molecule has 6 nitrogen and oxygen atoms in total. The Balaban J connectivity index is 1.73. The van der Waals surface area contributed by atoms with Gasteiger partial charge in [-0.05, 0) is 29.8 Å². The molecule has 0 aliphatic carbocycles. The Morgan fingerprint density at radius 2 is 1.88 bits per heavy atom. The van der Waals surface area contributed by atoms with Gasteiger partial charge in [-0.1, -0.05) is 35.9 Å². The largest absolute Gasteiger partial charge is 0.455 e. The summed E-state index contributed by atoms with van der Waals surface area (Å²) in [7, 11) is 0. The molecule has 0 aliphatic heterocycles. The highest BCUT2D eigenvalue weighted by Crippen LogP contribution is 2.17. The number of primary amides is 1. The summed E-state index contributed by atoms with van der Waals surface area (Å²) in [6, 6.07) is 13.7. The maximum Gasteiger partial charge on any atom is 0.316 e. The summed E-state index contributed by atoms with van der Waals surface area (Å²) < 4.78 is 4.92. The van der Waals surface area contributed by atoms with Crippen molar-refractivity contribution in [1.29, 1.82) is 0 Å². The van der Waals surface area contributed by atoms with Gasteiger partial charge in [0.15, 0.2) is 6.61 Å². The van der Waals surface area contributed by atoms with Gasteiger partial charge in [-0.25, -0.2) is 0 Å². The Hall–Kier alpha value is -2.51. The van der Waals surface area contributed by atoms with Gasteiger partial charge in [0.1, 0.15) is 0 Å². The third-order valence-corrected chi connectivity index (χ3v) is 4.42. The van der Waals surface area contributed by atoms with Crippen molar-refractivity contribution in [2.75, 3.05) is 17.7 Å². The van der Waals surface area contributed by atoms with Crippen molar-refractivity contribution in [3.8, 4) is 0 Å². The van der Waals surface area contributed by atoms with Crippen molar-refractivity contribution in [2.45, 2.75) is 5.75 Å². The Morgan fingerprint density at radius 3 is 2.62 bits per heavy atom. The van der Waals surface area contributed by atoms with E-state index in [9.17, 15) is 14.4 Å². The number of carbonyl (C=O) groups excluding carboxylic acids is 3. The Labute approximate surface area is 160 Å². The quantitative estimate of drug-likeness (QED) is 0.673. The van der Waals surface area contributed by atoms with E-state index in [1.165, 1.54) is 17.8 Å². The number of halogens is 1. The fraction of sp³-hybridized carbons (Fsp3) is 0.167. The van der Waals surface area contributed by atoms with E-state index in [1.807, 2.05) is 18.2 Å². The lowest BCUT2D eigenvalue weighted by Crippen LogP contribution is -2.23. The minimum absolute atomic E-state index is 0.109. The molecule has 0 aromatic heterocycles. The molecule has 0 unspecified atom stereocenters. The fourth-order valence-corrected chi connectivity index (χ4v) is 3.04. The molecule has 0 saturated heterocycles. The molecule has 0 aliphatic rings. The second-order valence-corrected chi connectivity index (χ2v) is 6.66. The molecule has 0 spiro atoms. The van der Waals surface area contributed by atoms with E-state index in [1.54, 1.807) is 24.3 Å². The monoisotopic (exact) mass is 392 g/mol. The zero-order chi connectivity index (χ0) is 18.9. The molecule has 2 aromatic carbocycles. The van der Waals surface area contributed by atoms with E-state index in [0.717, 1.165) is 5.56 Å². The van der Waals surface area contributed by atoms with Crippen LogP contribution in [-0.4, -0.2) is 30.1 Å². The van der Waals surface area contributed by atoms with E-state index in [0.29, 0.717) is 10.8 Å². The average molecular weight is 393 g/mol. The molecule has 0 radical (unpaired) electrons. The zero-order valence-corrected chi connectivity index (χ0v) is 15.3.